The van der Waals surface area contributed by atoms with Gasteiger partial charge in [-0.15, -0.1) is 6.58 Å². The number of halogens is 3. The summed E-state index contributed by atoms with van der Waals surface area (Å²) in [6, 6.07) is 0. The van der Waals surface area contributed by atoms with Crippen molar-refractivity contribution in [3.05, 3.63) is 24.8 Å². The van der Waals surface area contributed by atoms with E-state index in [2.05, 4.69) is 17.9 Å². The molecule has 1 aliphatic heterocycles. The Kier molecular flexibility index (Phi) is 6.87. The molecule has 33 heavy (non-hydrogen) atoms. The molecule has 3 rings (SSSR count). The van der Waals surface area contributed by atoms with Crippen LogP contribution in [0.2, 0.25) is 0 Å². The van der Waals surface area contributed by atoms with Crippen LogP contribution in [-0.2, 0) is 42.9 Å². The molecular weight excluding hydrogens is 453 g/mol. The summed E-state index contributed by atoms with van der Waals surface area (Å²) >= 11 is 0. The number of fused-ring (bicyclic) bond motifs is 1. The first-order valence-corrected chi connectivity index (χ1v) is 10.1. The van der Waals surface area contributed by atoms with Crippen LogP contribution in [-0.4, -0.2) is 68.2 Å². The SMILES string of the molecule is C=CCOCC(=C)C(=O)OCC(=O)OC1C2CC3C1OC(=O)C3(C(=O)OC(C)C(F)(F)F)C2. The third-order valence-corrected chi connectivity index (χ3v) is 6.06. The summed E-state index contributed by atoms with van der Waals surface area (Å²) < 4.78 is 63.3. The van der Waals surface area contributed by atoms with E-state index >= 15 is 0 Å². The Morgan fingerprint density at radius 1 is 1.30 bits per heavy atom. The first kappa shape index (κ1) is 24.7. The van der Waals surface area contributed by atoms with E-state index in [9.17, 15) is 32.3 Å². The van der Waals surface area contributed by atoms with Gasteiger partial charge in [0.2, 0.25) is 0 Å². The molecule has 0 aromatic rings. The standard InChI is InChI=1S/C21H23F3O9/c1-4-5-29-8-10(2)17(26)30-9-14(25)32-15-12-6-13-16(15)33-19(28)20(13,7-12)18(27)31-11(3)21(22,23)24/h4,11-13,15-16H,1-2,5-9H2,3H3. The minimum absolute atomic E-state index is 0.0225. The fourth-order valence-electron chi connectivity index (χ4n) is 4.50. The van der Waals surface area contributed by atoms with Crippen molar-refractivity contribution in [2.45, 2.75) is 44.3 Å². The second-order valence-corrected chi connectivity index (χ2v) is 8.17. The van der Waals surface area contributed by atoms with Crippen LogP contribution in [0.3, 0.4) is 0 Å². The Morgan fingerprint density at radius 2 is 2.00 bits per heavy atom. The molecule has 0 radical (unpaired) electrons. The van der Waals surface area contributed by atoms with Crippen LogP contribution < -0.4 is 0 Å². The van der Waals surface area contributed by atoms with Gasteiger partial charge in [-0.2, -0.15) is 13.2 Å². The molecule has 0 amide bonds. The van der Waals surface area contributed by atoms with E-state index in [1.807, 2.05) is 0 Å². The number of ether oxygens (including phenoxy) is 5. The van der Waals surface area contributed by atoms with E-state index < -0.39 is 72.2 Å². The molecule has 1 saturated heterocycles. The molecule has 3 aliphatic rings. The number of alkyl halides is 3. The Hall–Kier alpha value is -2.89. The molecular formula is C21H23F3O9. The number of carbonyl (C=O) groups is 4. The third-order valence-electron chi connectivity index (χ3n) is 6.06. The highest BCUT2D eigenvalue weighted by Crippen LogP contribution is 2.63. The fraction of sp³-hybridized carbons (Fsp3) is 0.619. The molecule has 3 fully saturated rings. The summed E-state index contributed by atoms with van der Waals surface area (Å²) in [5.74, 6) is -5.32. The van der Waals surface area contributed by atoms with E-state index in [0.717, 1.165) is 0 Å². The molecule has 0 N–H and O–H groups in total. The van der Waals surface area contributed by atoms with Crippen molar-refractivity contribution in [3.63, 3.8) is 0 Å². The zero-order valence-electron chi connectivity index (χ0n) is 17.7. The highest BCUT2D eigenvalue weighted by Gasteiger charge is 2.75. The van der Waals surface area contributed by atoms with Crippen molar-refractivity contribution in [2.24, 2.45) is 17.3 Å². The summed E-state index contributed by atoms with van der Waals surface area (Å²) in [5.41, 5.74) is -1.86. The maximum Gasteiger partial charge on any atom is 0.425 e. The van der Waals surface area contributed by atoms with Crippen molar-refractivity contribution in [1.29, 1.82) is 0 Å². The molecule has 12 heteroatoms. The van der Waals surface area contributed by atoms with Crippen LogP contribution in [0.5, 0.6) is 0 Å². The maximum atomic E-state index is 12.8. The smallest absolute Gasteiger partial charge is 0.425 e. The summed E-state index contributed by atoms with van der Waals surface area (Å²) in [6.07, 6.45) is -7.51. The zero-order valence-corrected chi connectivity index (χ0v) is 17.7. The first-order valence-electron chi connectivity index (χ1n) is 10.1. The molecule has 0 aromatic heterocycles. The quantitative estimate of drug-likeness (QED) is 0.116. The average molecular weight is 476 g/mol. The minimum atomic E-state index is -4.77. The Balaban J connectivity index is 1.55. The van der Waals surface area contributed by atoms with Crippen molar-refractivity contribution in [3.8, 4) is 0 Å². The summed E-state index contributed by atoms with van der Waals surface area (Å²) in [5, 5.41) is 0. The van der Waals surface area contributed by atoms with Gasteiger partial charge >= 0.3 is 30.1 Å². The third kappa shape index (κ3) is 4.61. The molecule has 2 saturated carbocycles. The van der Waals surface area contributed by atoms with Crippen LogP contribution in [0.1, 0.15) is 19.8 Å². The van der Waals surface area contributed by atoms with Gasteiger partial charge in [-0.05, 0) is 19.8 Å². The van der Waals surface area contributed by atoms with Gasteiger partial charge in [0.1, 0.15) is 12.2 Å². The zero-order chi connectivity index (χ0) is 24.6. The lowest BCUT2D eigenvalue weighted by molar-refractivity contribution is -0.222. The molecule has 6 atom stereocenters. The molecule has 6 unspecified atom stereocenters. The number of hydrogen-bond donors (Lipinski definition) is 0. The molecule has 182 valence electrons. The number of esters is 4. The average Bonchev–Trinajstić information content (AvgIpc) is 3.34. The second kappa shape index (κ2) is 9.16. The first-order chi connectivity index (χ1) is 15.4. The minimum Gasteiger partial charge on any atom is -0.457 e. The van der Waals surface area contributed by atoms with Gasteiger partial charge in [-0.1, -0.05) is 12.7 Å². The molecule has 9 nitrogen and oxygen atoms in total. The van der Waals surface area contributed by atoms with Crippen LogP contribution in [0.4, 0.5) is 13.2 Å². The van der Waals surface area contributed by atoms with Gasteiger partial charge in [-0.3, -0.25) is 9.59 Å². The van der Waals surface area contributed by atoms with Gasteiger partial charge in [0, 0.05) is 11.8 Å². The Morgan fingerprint density at radius 3 is 2.64 bits per heavy atom. The molecule has 1 heterocycles. The topological polar surface area (TPSA) is 114 Å². The number of rotatable bonds is 10. The van der Waals surface area contributed by atoms with Gasteiger partial charge in [0.15, 0.2) is 18.1 Å². The van der Waals surface area contributed by atoms with Crippen LogP contribution in [0, 0.1) is 17.3 Å². The van der Waals surface area contributed by atoms with E-state index in [1.165, 1.54) is 6.08 Å². The van der Waals surface area contributed by atoms with E-state index in [0.29, 0.717) is 6.92 Å². The number of carbonyl (C=O) groups excluding carboxylic acids is 4. The maximum absolute atomic E-state index is 12.8. The lowest BCUT2D eigenvalue weighted by atomic mass is 9.73. The molecule has 0 aromatic carbocycles. The summed E-state index contributed by atoms with van der Waals surface area (Å²) in [4.78, 5) is 49.0. The van der Waals surface area contributed by atoms with Gasteiger partial charge in [0.05, 0.1) is 18.8 Å². The fourth-order valence-corrected chi connectivity index (χ4v) is 4.50. The van der Waals surface area contributed by atoms with Crippen molar-refractivity contribution in [2.75, 3.05) is 19.8 Å². The summed E-state index contributed by atoms with van der Waals surface area (Å²) in [7, 11) is 0. The summed E-state index contributed by atoms with van der Waals surface area (Å²) in [6.45, 7) is 6.95. The van der Waals surface area contributed by atoms with Crippen LogP contribution >= 0.6 is 0 Å². The number of hydrogen-bond acceptors (Lipinski definition) is 9. The highest BCUT2D eigenvalue weighted by molar-refractivity contribution is 6.03. The Labute approximate surface area is 186 Å². The van der Waals surface area contributed by atoms with Crippen LogP contribution in [0.15, 0.2) is 24.8 Å². The van der Waals surface area contributed by atoms with E-state index in [-0.39, 0.29) is 31.6 Å². The predicted molar refractivity (Wildman–Crippen MR) is 101 cm³/mol. The van der Waals surface area contributed by atoms with Gasteiger partial charge < -0.3 is 23.7 Å². The lowest BCUT2D eigenvalue weighted by Crippen LogP contribution is -2.47. The van der Waals surface area contributed by atoms with Crippen molar-refractivity contribution in [1.82, 2.24) is 0 Å². The second-order valence-electron chi connectivity index (χ2n) is 8.17. The Bertz CT molecular complexity index is 868. The van der Waals surface area contributed by atoms with Crippen molar-refractivity contribution < 1.29 is 56.0 Å². The predicted octanol–water partition coefficient (Wildman–Crippen LogP) is 1.65. The lowest BCUT2D eigenvalue weighted by Gasteiger charge is -2.31. The molecule has 2 aliphatic carbocycles. The van der Waals surface area contributed by atoms with Gasteiger partial charge in [-0.25, -0.2) is 9.59 Å². The largest absolute Gasteiger partial charge is 0.457 e. The van der Waals surface area contributed by atoms with E-state index in [1.54, 1.807) is 0 Å². The van der Waals surface area contributed by atoms with Crippen molar-refractivity contribution >= 4 is 23.9 Å². The normalized spacial score (nSPS) is 30.4. The van der Waals surface area contributed by atoms with E-state index in [4.69, 9.17) is 18.9 Å². The highest BCUT2D eigenvalue weighted by atomic mass is 19.4. The monoisotopic (exact) mass is 476 g/mol. The van der Waals surface area contributed by atoms with Gasteiger partial charge in [0.25, 0.3) is 0 Å². The molecule has 0 spiro atoms. The molecule has 2 bridgehead atoms. The van der Waals surface area contributed by atoms with Crippen LogP contribution in [0.25, 0.3) is 0 Å².